The number of ether oxygens (including phenoxy) is 1. The third-order valence-electron chi connectivity index (χ3n) is 0.752. The Bertz CT molecular complexity index is 171. The van der Waals surface area contributed by atoms with Crippen molar-refractivity contribution in [2.75, 3.05) is 19.4 Å². The molecule has 66 valence electrons. The van der Waals surface area contributed by atoms with E-state index in [9.17, 15) is 9.36 Å². The summed E-state index contributed by atoms with van der Waals surface area (Å²) in [4.78, 5) is 26.3. The maximum Gasteiger partial charge on any atom is 0.329 e. The van der Waals surface area contributed by atoms with Crippen LogP contribution < -0.4 is 0 Å². The lowest BCUT2D eigenvalue weighted by Crippen LogP contribution is -2.09. The normalized spacial score (nSPS) is 11.5. The summed E-state index contributed by atoms with van der Waals surface area (Å²) in [5.41, 5.74) is 0. The molecule has 0 fully saturated rings. The second kappa shape index (κ2) is 4.46. The first-order valence-electron chi connectivity index (χ1n) is 2.76. The van der Waals surface area contributed by atoms with Gasteiger partial charge in [0.15, 0.2) is 0 Å². The molecule has 0 rings (SSSR count). The van der Waals surface area contributed by atoms with Gasteiger partial charge in [-0.05, 0) is 0 Å². The minimum atomic E-state index is -4.04. The van der Waals surface area contributed by atoms with Gasteiger partial charge in [0.05, 0.1) is 12.8 Å². The molecule has 0 amide bonds. The lowest BCUT2D eigenvalue weighted by atomic mass is 10.7. The van der Waals surface area contributed by atoms with Crippen LogP contribution in [-0.2, 0) is 14.1 Å². The second-order valence-electron chi connectivity index (χ2n) is 1.83. The summed E-state index contributed by atoms with van der Waals surface area (Å²) in [6.45, 7) is -0.767. The number of carboxylic acids is 1. The van der Waals surface area contributed by atoms with Crippen molar-refractivity contribution >= 4 is 13.6 Å². The quantitative estimate of drug-likeness (QED) is 0.384. The summed E-state index contributed by atoms with van der Waals surface area (Å²) in [5, 5.41) is 8.02. The van der Waals surface area contributed by atoms with Crippen LogP contribution >= 0.6 is 7.60 Å². The van der Waals surface area contributed by atoms with Crippen molar-refractivity contribution in [3.05, 3.63) is 0 Å². The highest BCUT2D eigenvalue weighted by molar-refractivity contribution is 7.51. The molecule has 0 spiro atoms. The summed E-state index contributed by atoms with van der Waals surface area (Å²) in [5.74, 6) is -1.16. The highest BCUT2D eigenvalue weighted by Crippen LogP contribution is 2.33. The largest absolute Gasteiger partial charge is 0.480 e. The fourth-order valence-corrected chi connectivity index (χ4v) is 0.710. The van der Waals surface area contributed by atoms with Crippen molar-refractivity contribution in [2.24, 2.45) is 0 Å². The second-order valence-corrected chi connectivity index (χ2v) is 3.61. The van der Waals surface area contributed by atoms with E-state index in [0.717, 1.165) is 0 Å². The van der Waals surface area contributed by atoms with Crippen molar-refractivity contribution in [2.45, 2.75) is 0 Å². The Morgan fingerprint density at radius 2 is 2.00 bits per heavy atom. The van der Waals surface area contributed by atoms with Gasteiger partial charge in [-0.15, -0.1) is 0 Å². The zero-order chi connectivity index (χ0) is 8.91. The fourth-order valence-electron chi connectivity index (χ4n) is 0.343. The van der Waals surface area contributed by atoms with E-state index in [1.165, 1.54) is 0 Å². The smallest absolute Gasteiger partial charge is 0.329 e. The monoisotopic (exact) mass is 184 g/mol. The number of carbonyl (C=O) groups is 1. The summed E-state index contributed by atoms with van der Waals surface area (Å²) in [7, 11) is -4.04. The lowest BCUT2D eigenvalue weighted by molar-refractivity contribution is -0.142. The van der Waals surface area contributed by atoms with Gasteiger partial charge >= 0.3 is 13.6 Å². The van der Waals surface area contributed by atoms with Crippen LogP contribution in [0.25, 0.3) is 0 Å². The van der Waals surface area contributed by atoms with Crippen LogP contribution in [0.2, 0.25) is 0 Å². The van der Waals surface area contributed by atoms with Gasteiger partial charge in [-0.1, -0.05) is 0 Å². The average Bonchev–Trinajstić information content (AvgIpc) is 1.78. The highest BCUT2D eigenvalue weighted by atomic mass is 31.2. The topological polar surface area (TPSA) is 104 Å². The standard InChI is InChI=1S/C4H9O6P/c5-4(6)3-10-1-2-11(7,8)9/h1-3H2,(H,5,6)(H2,7,8,9). The maximum absolute atomic E-state index is 10.1. The Balaban J connectivity index is 3.29. The van der Waals surface area contributed by atoms with E-state index in [0.29, 0.717) is 0 Å². The van der Waals surface area contributed by atoms with Crippen LogP contribution in [0.5, 0.6) is 0 Å². The molecule has 0 aromatic heterocycles. The van der Waals surface area contributed by atoms with Gasteiger partial charge in [0, 0.05) is 0 Å². The molecule has 0 saturated carbocycles. The summed E-state index contributed by atoms with van der Waals surface area (Å²) in [6, 6.07) is 0. The molecule has 0 radical (unpaired) electrons. The first-order valence-corrected chi connectivity index (χ1v) is 4.56. The Hall–Kier alpha value is -0.420. The molecule has 3 N–H and O–H groups in total. The molecule has 0 unspecified atom stereocenters. The van der Waals surface area contributed by atoms with Crippen LogP contribution in [0.1, 0.15) is 0 Å². The first-order chi connectivity index (χ1) is 4.92. The van der Waals surface area contributed by atoms with Gasteiger partial charge in [0.1, 0.15) is 6.61 Å². The fraction of sp³-hybridized carbons (Fsp3) is 0.750. The van der Waals surface area contributed by atoms with E-state index < -0.39 is 26.3 Å². The molecular formula is C4H9O6P. The molecule has 0 saturated heterocycles. The van der Waals surface area contributed by atoms with E-state index in [1.54, 1.807) is 0 Å². The van der Waals surface area contributed by atoms with Crippen LogP contribution in [0.3, 0.4) is 0 Å². The maximum atomic E-state index is 10.1. The molecule has 0 aliphatic heterocycles. The number of hydrogen-bond donors (Lipinski definition) is 3. The van der Waals surface area contributed by atoms with Gasteiger partial charge in [-0.2, -0.15) is 0 Å². The molecule has 0 atom stereocenters. The van der Waals surface area contributed by atoms with Crippen molar-refractivity contribution in [1.29, 1.82) is 0 Å². The SMILES string of the molecule is O=C(O)COCCP(=O)(O)O. The van der Waals surface area contributed by atoms with Gasteiger partial charge < -0.3 is 19.6 Å². The van der Waals surface area contributed by atoms with Crippen molar-refractivity contribution < 1.29 is 29.0 Å². The van der Waals surface area contributed by atoms with E-state index in [4.69, 9.17) is 14.9 Å². The average molecular weight is 184 g/mol. The van der Waals surface area contributed by atoms with Crippen LogP contribution in [0.15, 0.2) is 0 Å². The molecule has 0 aliphatic carbocycles. The zero-order valence-corrected chi connectivity index (χ0v) is 6.53. The third kappa shape index (κ3) is 9.58. The molecule has 7 heteroatoms. The predicted molar refractivity (Wildman–Crippen MR) is 35.4 cm³/mol. The molecule has 0 aromatic rings. The molecule has 0 bridgehead atoms. The van der Waals surface area contributed by atoms with E-state index in [1.807, 2.05) is 0 Å². The Kier molecular flexibility index (Phi) is 4.29. The lowest BCUT2D eigenvalue weighted by Gasteiger charge is -2.02. The number of aliphatic carboxylic acids is 1. The first kappa shape index (κ1) is 10.6. The van der Waals surface area contributed by atoms with Crippen LogP contribution in [0, 0.1) is 0 Å². The summed E-state index contributed by atoms with van der Waals surface area (Å²) in [6.07, 6.45) is -0.444. The number of carboxylic acid groups (broad SMARTS) is 1. The van der Waals surface area contributed by atoms with E-state index >= 15 is 0 Å². The predicted octanol–water partition coefficient (Wildman–Crippen LogP) is -0.735. The van der Waals surface area contributed by atoms with E-state index in [-0.39, 0.29) is 6.61 Å². The zero-order valence-electron chi connectivity index (χ0n) is 5.63. The minimum Gasteiger partial charge on any atom is -0.480 e. The number of hydrogen-bond acceptors (Lipinski definition) is 3. The number of rotatable bonds is 5. The highest BCUT2D eigenvalue weighted by Gasteiger charge is 2.11. The van der Waals surface area contributed by atoms with Gasteiger partial charge in [-0.3, -0.25) is 4.57 Å². The minimum absolute atomic E-state index is 0.240. The molecule has 0 aliphatic rings. The van der Waals surface area contributed by atoms with Crippen LogP contribution in [-0.4, -0.2) is 40.2 Å². The molecule has 0 aromatic carbocycles. The summed E-state index contributed by atoms with van der Waals surface area (Å²) < 4.78 is 14.5. The van der Waals surface area contributed by atoms with Gasteiger partial charge in [0.25, 0.3) is 0 Å². The molecule has 6 nitrogen and oxygen atoms in total. The van der Waals surface area contributed by atoms with Crippen molar-refractivity contribution in [3.8, 4) is 0 Å². The van der Waals surface area contributed by atoms with E-state index in [2.05, 4.69) is 4.74 Å². The Labute approximate surface area is 63.0 Å². The Morgan fingerprint density at radius 1 is 1.45 bits per heavy atom. The molecular weight excluding hydrogens is 175 g/mol. The van der Waals surface area contributed by atoms with Gasteiger partial charge in [0.2, 0.25) is 0 Å². The molecule has 11 heavy (non-hydrogen) atoms. The van der Waals surface area contributed by atoms with Crippen molar-refractivity contribution in [1.82, 2.24) is 0 Å². The Morgan fingerprint density at radius 3 is 2.36 bits per heavy atom. The summed E-state index contributed by atoms with van der Waals surface area (Å²) >= 11 is 0. The van der Waals surface area contributed by atoms with Gasteiger partial charge in [-0.25, -0.2) is 4.79 Å². The molecule has 0 heterocycles. The van der Waals surface area contributed by atoms with Crippen molar-refractivity contribution in [3.63, 3.8) is 0 Å². The van der Waals surface area contributed by atoms with Crippen LogP contribution in [0.4, 0.5) is 0 Å². The third-order valence-corrected chi connectivity index (χ3v) is 1.52.